The second-order valence-corrected chi connectivity index (χ2v) is 7.93. The van der Waals surface area contributed by atoms with E-state index in [1.807, 2.05) is 0 Å². The van der Waals surface area contributed by atoms with Crippen LogP contribution in [-0.4, -0.2) is 17.6 Å². The summed E-state index contributed by atoms with van der Waals surface area (Å²) in [6.07, 6.45) is -2.54. The van der Waals surface area contributed by atoms with Crippen LogP contribution in [0.1, 0.15) is 33.7 Å². The molecular formula is C24H10F6N4. The number of rotatable bonds is 0. The number of alkyl halides is 6. The van der Waals surface area contributed by atoms with Crippen molar-refractivity contribution >= 4 is 11.4 Å². The first-order valence-electron chi connectivity index (χ1n) is 9.86. The molecule has 0 bridgehead atoms. The molecule has 0 spiro atoms. The molecule has 2 unspecified atom stereocenters. The summed E-state index contributed by atoms with van der Waals surface area (Å²) in [6, 6.07) is 6.35. The third kappa shape index (κ3) is 3.14. The minimum absolute atomic E-state index is 0.0228. The Morgan fingerprint density at radius 2 is 1.44 bits per heavy atom. The minimum atomic E-state index is -4.60. The Morgan fingerprint density at radius 3 is 2.09 bits per heavy atom. The van der Waals surface area contributed by atoms with Crippen molar-refractivity contribution in [2.75, 3.05) is 0 Å². The standard InChI is InChI=1S/C24H10F6N4/c25-23(26,27)11-1-3-13-15-7-16-14-4-2-12(24(28,29)30)6-18(14)22(34-10-32)20(16)8-19(15)21(33-9-31)17(13)5-11/h1-8,13,17H/b33-21-,34-22+. The molecule has 0 heterocycles. The average molecular weight is 468 g/mol. The van der Waals surface area contributed by atoms with E-state index in [1.165, 1.54) is 18.2 Å². The van der Waals surface area contributed by atoms with Gasteiger partial charge in [-0.15, -0.1) is 0 Å². The molecule has 34 heavy (non-hydrogen) atoms. The molecule has 2 aromatic carbocycles. The van der Waals surface area contributed by atoms with Gasteiger partial charge in [-0.3, -0.25) is 0 Å². The summed E-state index contributed by atoms with van der Waals surface area (Å²) in [5.74, 6) is -1.37. The Bertz CT molecular complexity index is 1460. The summed E-state index contributed by atoms with van der Waals surface area (Å²) in [4.78, 5) is 7.52. The van der Waals surface area contributed by atoms with Crippen molar-refractivity contribution in [3.05, 3.63) is 82.0 Å². The molecule has 0 aliphatic heterocycles. The van der Waals surface area contributed by atoms with E-state index in [9.17, 15) is 31.6 Å². The van der Waals surface area contributed by atoms with E-state index >= 15 is 0 Å². The second-order valence-electron chi connectivity index (χ2n) is 7.93. The maximum absolute atomic E-state index is 13.3. The monoisotopic (exact) mass is 468 g/mol. The van der Waals surface area contributed by atoms with Gasteiger partial charge in [-0.05, 0) is 41.0 Å². The lowest BCUT2D eigenvalue weighted by atomic mass is 9.85. The maximum atomic E-state index is 13.3. The van der Waals surface area contributed by atoms with E-state index in [0.29, 0.717) is 27.8 Å². The molecular weight excluding hydrogens is 458 g/mol. The Morgan fingerprint density at radius 1 is 0.735 bits per heavy atom. The molecule has 2 atom stereocenters. The van der Waals surface area contributed by atoms with Crippen LogP contribution in [0.4, 0.5) is 26.3 Å². The van der Waals surface area contributed by atoms with E-state index < -0.39 is 35.3 Å². The highest BCUT2D eigenvalue weighted by atomic mass is 19.4. The van der Waals surface area contributed by atoms with Gasteiger partial charge in [0.25, 0.3) is 0 Å². The van der Waals surface area contributed by atoms with Crippen molar-refractivity contribution in [2.45, 2.75) is 18.3 Å². The summed E-state index contributed by atoms with van der Waals surface area (Å²) in [5.41, 5.74) is 0.798. The van der Waals surface area contributed by atoms with Crippen molar-refractivity contribution in [3.8, 4) is 23.5 Å². The molecule has 4 nitrogen and oxygen atoms in total. The molecule has 10 heteroatoms. The number of nitrogens with zero attached hydrogens (tertiary/aromatic N) is 4. The zero-order valence-corrected chi connectivity index (χ0v) is 16.8. The summed E-state index contributed by atoms with van der Waals surface area (Å²) >= 11 is 0. The van der Waals surface area contributed by atoms with E-state index in [-0.39, 0.29) is 17.0 Å². The molecule has 0 amide bonds. The first-order valence-corrected chi connectivity index (χ1v) is 9.86. The molecule has 3 aliphatic rings. The predicted molar refractivity (Wildman–Crippen MR) is 110 cm³/mol. The van der Waals surface area contributed by atoms with E-state index in [2.05, 4.69) is 9.98 Å². The molecule has 168 valence electrons. The van der Waals surface area contributed by atoms with Crippen molar-refractivity contribution in [3.63, 3.8) is 0 Å². The number of hydrogen-bond acceptors (Lipinski definition) is 4. The fourth-order valence-electron chi connectivity index (χ4n) is 4.78. The van der Waals surface area contributed by atoms with Crippen molar-refractivity contribution in [1.82, 2.24) is 0 Å². The van der Waals surface area contributed by atoms with Crippen LogP contribution in [0.25, 0.3) is 11.1 Å². The minimum Gasteiger partial charge on any atom is -0.177 e. The molecule has 2 aromatic rings. The van der Waals surface area contributed by atoms with Crippen molar-refractivity contribution in [1.29, 1.82) is 10.5 Å². The maximum Gasteiger partial charge on any atom is 0.416 e. The fourth-order valence-corrected chi connectivity index (χ4v) is 4.78. The number of aliphatic imine (C=N–C) groups is 2. The third-order valence-corrected chi connectivity index (χ3v) is 6.18. The Labute approximate surface area is 188 Å². The molecule has 0 aromatic heterocycles. The first-order chi connectivity index (χ1) is 16.0. The summed E-state index contributed by atoms with van der Waals surface area (Å²) in [5, 5.41) is 18.3. The lowest BCUT2D eigenvalue weighted by molar-refractivity contribution is -0.137. The van der Waals surface area contributed by atoms with E-state index in [0.717, 1.165) is 24.3 Å². The van der Waals surface area contributed by atoms with Gasteiger partial charge in [0.1, 0.15) is 0 Å². The lowest BCUT2D eigenvalue weighted by Crippen LogP contribution is -2.19. The van der Waals surface area contributed by atoms with Crippen LogP contribution < -0.4 is 0 Å². The predicted octanol–water partition coefficient (Wildman–Crippen LogP) is 6.05. The number of allylic oxidation sites excluding steroid dienone is 4. The number of benzene rings is 2. The lowest BCUT2D eigenvalue weighted by Gasteiger charge is -2.21. The van der Waals surface area contributed by atoms with Crippen LogP contribution in [0.3, 0.4) is 0 Å². The number of halogens is 6. The van der Waals surface area contributed by atoms with Gasteiger partial charge in [0, 0.05) is 28.5 Å². The number of hydrogen-bond donors (Lipinski definition) is 0. The van der Waals surface area contributed by atoms with Crippen LogP contribution in [0.2, 0.25) is 0 Å². The molecule has 0 saturated heterocycles. The van der Waals surface area contributed by atoms with E-state index in [1.54, 1.807) is 18.5 Å². The summed E-state index contributed by atoms with van der Waals surface area (Å²) in [7, 11) is 0. The second kappa shape index (κ2) is 7.16. The van der Waals surface area contributed by atoms with Gasteiger partial charge in [0.15, 0.2) is 0 Å². The Hall–Kier alpha value is -4.18. The highest BCUT2D eigenvalue weighted by Gasteiger charge is 2.43. The first kappa shape index (κ1) is 21.7. The molecule has 0 saturated carbocycles. The molecule has 0 fully saturated rings. The van der Waals surface area contributed by atoms with Crippen LogP contribution in [0.15, 0.2) is 64.1 Å². The fraction of sp³-hybridized carbons (Fsp3) is 0.167. The van der Waals surface area contributed by atoms with Crippen molar-refractivity contribution in [2.24, 2.45) is 15.9 Å². The van der Waals surface area contributed by atoms with Crippen LogP contribution in [0, 0.1) is 28.8 Å². The van der Waals surface area contributed by atoms with Crippen LogP contribution in [0.5, 0.6) is 0 Å². The molecule has 0 radical (unpaired) electrons. The van der Waals surface area contributed by atoms with Crippen LogP contribution in [-0.2, 0) is 6.18 Å². The Balaban J connectivity index is 1.72. The zero-order valence-electron chi connectivity index (χ0n) is 16.8. The quantitative estimate of drug-likeness (QED) is 0.298. The number of fused-ring (bicyclic) bond motifs is 6. The third-order valence-electron chi connectivity index (χ3n) is 6.18. The smallest absolute Gasteiger partial charge is 0.177 e. The van der Waals surface area contributed by atoms with E-state index in [4.69, 9.17) is 5.26 Å². The van der Waals surface area contributed by atoms with Gasteiger partial charge in [-0.2, -0.15) is 46.9 Å². The SMILES string of the molecule is N#C/N=C1\c2cc3c(cc2C2C=CC(C(F)(F)F)=CC12)-c1ccc(C(F)(F)F)cc1/C3=N\C#N. The zero-order chi connectivity index (χ0) is 24.4. The molecule has 3 aliphatic carbocycles. The van der Waals surface area contributed by atoms with Crippen LogP contribution >= 0.6 is 0 Å². The normalized spacial score (nSPS) is 22.5. The topological polar surface area (TPSA) is 72.3 Å². The largest absolute Gasteiger partial charge is 0.416 e. The highest BCUT2D eigenvalue weighted by molar-refractivity contribution is 6.26. The van der Waals surface area contributed by atoms with Crippen molar-refractivity contribution < 1.29 is 26.3 Å². The van der Waals surface area contributed by atoms with Gasteiger partial charge in [-0.25, -0.2) is 0 Å². The van der Waals surface area contributed by atoms with Gasteiger partial charge >= 0.3 is 12.4 Å². The van der Waals surface area contributed by atoms with Gasteiger partial charge < -0.3 is 0 Å². The van der Waals surface area contributed by atoms with Gasteiger partial charge in [0.05, 0.1) is 22.6 Å². The molecule has 0 N–H and O–H groups in total. The Kier molecular flexibility index (Phi) is 4.56. The number of nitriles is 2. The summed E-state index contributed by atoms with van der Waals surface area (Å²) < 4.78 is 79.7. The summed E-state index contributed by atoms with van der Waals surface area (Å²) in [6.45, 7) is 0. The average Bonchev–Trinajstić information content (AvgIpc) is 3.24. The highest BCUT2D eigenvalue weighted by Crippen LogP contribution is 2.49. The van der Waals surface area contributed by atoms with Gasteiger partial charge in [0.2, 0.25) is 12.4 Å². The molecule has 5 rings (SSSR count). The van der Waals surface area contributed by atoms with Gasteiger partial charge in [-0.1, -0.05) is 24.3 Å².